The lowest BCUT2D eigenvalue weighted by Crippen LogP contribution is -2.13. The van der Waals surface area contributed by atoms with E-state index in [1.807, 2.05) is 13.2 Å². The average molecular weight is 282 g/mol. The molecule has 0 aliphatic rings. The molecule has 1 N–H and O–H groups in total. The van der Waals surface area contributed by atoms with Gasteiger partial charge in [0, 0.05) is 37.9 Å². The van der Waals surface area contributed by atoms with E-state index >= 15 is 0 Å². The monoisotopic (exact) mass is 282 g/mol. The van der Waals surface area contributed by atoms with Gasteiger partial charge in [-0.15, -0.1) is 0 Å². The lowest BCUT2D eigenvalue weighted by Gasteiger charge is -2.06. The van der Waals surface area contributed by atoms with Crippen LogP contribution in [-0.4, -0.2) is 20.3 Å². The van der Waals surface area contributed by atoms with Crippen molar-refractivity contribution in [3.05, 3.63) is 48.4 Å². The SMILES string of the molecule is Cc1ccc2c(ccn2CCC(=O)Nc2cnn(C)c2)c1. The number of amides is 1. The maximum Gasteiger partial charge on any atom is 0.226 e. The molecular formula is C16H18N4O. The van der Waals surface area contributed by atoms with Gasteiger partial charge in [0.2, 0.25) is 5.91 Å². The average Bonchev–Trinajstić information content (AvgIpc) is 3.02. The van der Waals surface area contributed by atoms with Crippen LogP contribution in [0, 0.1) is 6.92 Å². The molecular weight excluding hydrogens is 264 g/mol. The van der Waals surface area contributed by atoms with Gasteiger partial charge >= 0.3 is 0 Å². The summed E-state index contributed by atoms with van der Waals surface area (Å²) in [6, 6.07) is 8.43. The summed E-state index contributed by atoms with van der Waals surface area (Å²) in [5, 5.41) is 8.08. The Balaban J connectivity index is 1.64. The van der Waals surface area contributed by atoms with Crippen molar-refractivity contribution in [1.29, 1.82) is 0 Å². The molecule has 0 saturated heterocycles. The zero-order chi connectivity index (χ0) is 14.8. The smallest absolute Gasteiger partial charge is 0.226 e. The summed E-state index contributed by atoms with van der Waals surface area (Å²) in [4.78, 5) is 11.9. The Kier molecular flexibility index (Phi) is 3.48. The normalized spacial score (nSPS) is 11.0. The molecule has 2 aromatic heterocycles. The van der Waals surface area contributed by atoms with Crippen molar-refractivity contribution in [2.24, 2.45) is 7.05 Å². The fourth-order valence-electron chi connectivity index (χ4n) is 2.45. The molecule has 21 heavy (non-hydrogen) atoms. The highest BCUT2D eigenvalue weighted by Crippen LogP contribution is 2.17. The lowest BCUT2D eigenvalue weighted by atomic mass is 10.2. The maximum atomic E-state index is 11.9. The van der Waals surface area contributed by atoms with Gasteiger partial charge in [-0.2, -0.15) is 5.10 Å². The largest absolute Gasteiger partial charge is 0.347 e. The number of carbonyl (C=O) groups excluding carboxylic acids is 1. The minimum Gasteiger partial charge on any atom is -0.347 e. The summed E-state index contributed by atoms with van der Waals surface area (Å²) < 4.78 is 3.77. The molecule has 5 heteroatoms. The molecule has 0 aliphatic heterocycles. The molecule has 108 valence electrons. The van der Waals surface area contributed by atoms with Crippen molar-refractivity contribution in [1.82, 2.24) is 14.3 Å². The Morgan fingerprint density at radius 1 is 1.33 bits per heavy atom. The van der Waals surface area contributed by atoms with Crippen LogP contribution in [0.5, 0.6) is 0 Å². The van der Waals surface area contributed by atoms with E-state index in [9.17, 15) is 4.79 Å². The number of benzene rings is 1. The van der Waals surface area contributed by atoms with Gasteiger partial charge in [-0.25, -0.2) is 0 Å². The van der Waals surface area contributed by atoms with Gasteiger partial charge in [0.25, 0.3) is 0 Å². The Hall–Kier alpha value is -2.56. The summed E-state index contributed by atoms with van der Waals surface area (Å²) in [7, 11) is 1.82. The van der Waals surface area contributed by atoms with Crippen molar-refractivity contribution in [2.75, 3.05) is 5.32 Å². The standard InChI is InChI=1S/C16H18N4O/c1-12-3-4-15-13(9-12)5-7-20(15)8-6-16(21)18-14-10-17-19(2)11-14/h3-5,7,9-11H,6,8H2,1-2H3,(H,18,21). The number of hydrogen-bond donors (Lipinski definition) is 1. The highest BCUT2D eigenvalue weighted by atomic mass is 16.1. The second-order valence-electron chi connectivity index (χ2n) is 5.27. The van der Waals surface area contributed by atoms with E-state index in [1.165, 1.54) is 10.9 Å². The minimum absolute atomic E-state index is 0.00281. The second-order valence-corrected chi connectivity index (χ2v) is 5.27. The number of hydrogen-bond acceptors (Lipinski definition) is 2. The quantitative estimate of drug-likeness (QED) is 0.800. The molecule has 3 aromatic rings. The van der Waals surface area contributed by atoms with Crippen LogP contribution in [0.3, 0.4) is 0 Å². The van der Waals surface area contributed by atoms with Gasteiger partial charge in [0.15, 0.2) is 0 Å². The van der Waals surface area contributed by atoms with E-state index in [4.69, 9.17) is 0 Å². The van der Waals surface area contributed by atoms with Crippen LogP contribution in [0.25, 0.3) is 10.9 Å². The second kappa shape index (κ2) is 5.44. The molecule has 0 atom stereocenters. The third-order valence-corrected chi connectivity index (χ3v) is 3.49. The first-order valence-corrected chi connectivity index (χ1v) is 6.96. The fraction of sp³-hybridized carbons (Fsp3) is 0.250. The third-order valence-electron chi connectivity index (χ3n) is 3.49. The van der Waals surface area contributed by atoms with Crippen LogP contribution >= 0.6 is 0 Å². The Labute approximate surface area is 123 Å². The number of aryl methyl sites for hydroxylation is 3. The number of aromatic nitrogens is 3. The zero-order valence-electron chi connectivity index (χ0n) is 12.2. The fourth-order valence-corrected chi connectivity index (χ4v) is 2.45. The summed E-state index contributed by atoms with van der Waals surface area (Å²) in [5.41, 5.74) is 3.14. The van der Waals surface area contributed by atoms with Crippen molar-refractivity contribution >= 4 is 22.5 Å². The molecule has 1 aromatic carbocycles. The van der Waals surface area contributed by atoms with Crippen LogP contribution in [0.1, 0.15) is 12.0 Å². The lowest BCUT2D eigenvalue weighted by molar-refractivity contribution is -0.116. The van der Waals surface area contributed by atoms with Gasteiger partial charge in [-0.05, 0) is 30.5 Å². The Morgan fingerprint density at radius 2 is 2.19 bits per heavy atom. The topological polar surface area (TPSA) is 51.9 Å². The first-order valence-electron chi connectivity index (χ1n) is 6.96. The summed E-state index contributed by atoms with van der Waals surface area (Å²) >= 11 is 0. The highest BCUT2D eigenvalue weighted by molar-refractivity contribution is 5.90. The molecule has 0 saturated carbocycles. The highest BCUT2D eigenvalue weighted by Gasteiger charge is 2.06. The van der Waals surface area contributed by atoms with Gasteiger partial charge in [-0.3, -0.25) is 9.48 Å². The van der Waals surface area contributed by atoms with Gasteiger partial charge < -0.3 is 9.88 Å². The molecule has 0 aliphatic carbocycles. The van der Waals surface area contributed by atoms with Crippen molar-refractivity contribution < 1.29 is 4.79 Å². The van der Waals surface area contributed by atoms with E-state index in [1.54, 1.807) is 17.1 Å². The molecule has 2 heterocycles. The van der Waals surface area contributed by atoms with Crippen LogP contribution < -0.4 is 5.32 Å². The third kappa shape index (κ3) is 2.97. The van der Waals surface area contributed by atoms with Crippen LogP contribution in [0.4, 0.5) is 5.69 Å². The molecule has 1 amide bonds. The number of nitrogens with zero attached hydrogens (tertiary/aromatic N) is 3. The first-order chi connectivity index (χ1) is 10.1. The van der Waals surface area contributed by atoms with E-state index in [0.29, 0.717) is 13.0 Å². The Morgan fingerprint density at radius 3 is 2.95 bits per heavy atom. The van der Waals surface area contributed by atoms with Crippen LogP contribution in [0.15, 0.2) is 42.9 Å². The molecule has 5 nitrogen and oxygen atoms in total. The summed E-state index contributed by atoms with van der Waals surface area (Å²) in [6.07, 6.45) is 5.89. The van der Waals surface area contributed by atoms with Gasteiger partial charge in [-0.1, -0.05) is 11.6 Å². The molecule has 0 bridgehead atoms. The minimum atomic E-state index is -0.00281. The predicted molar refractivity (Wildman–Crippen MR) is 83.1 cm³/mol. The van der Waals surface area contributed by atoms with E-state index < -0.39 is 0 Å². The van der Waals surface area contributed by atoms with Crippen LogP contribution in [0.2, 0.25) is 0 Å². The molecule has 3 rings (SSSR count). The van der Waals surface area contributed by atoms with E-state index in [0.717, 1.165) is 11.2 Å². The Bertz CT molecular complexity index is 785. The number of fused-ring (bicyclic) bond motifs is 1. The van der Waals surface area contributed by atoms with Gasteiger partial charge in [0.1, 0.15) is 0 Å². The van der Waals surface area contributed by atoms with Gasteiger partial charge in [0.05, 0.1) is 11.9 Å². The molecule has 0 radical (unpaired) electrons. The van der Waals surface area contributed by atoms with Crippen molar-refractivity contribution in [2.45, 2.75) is 19.9 Å². The zero-order valence-corrected chi connectivity index (χ0v) is 12.2. The van der Waals surface area contributed by atoms with Crippen molar-refractivity contribution in [3.63, 3.8) is 0 Å². The number of rotatable bonds is 4. The number of carbonyl (C=O) groups is 1. The molecule has 0 unspecified atom stereocenters. The summed E-state index contributed by atoms with van der Waals surface area (Å²) in [5.74, 6) is -0.00281. The molecule has 0 spiro atoms. The van der Waals surface area contributed by atoms with E-state index in [-0.39, 0.29) is 5.91 Å². The summed E-state index contributed by atoms with van der Waals surface area (Å²) in [6.45, 7) is 2.75. The number of anilines is 1. The first kappa shape index (κ1) is 13.4. The van der Waals surface area contributed by atoms with Crippen LogP contribution in [-0.2, 0) is 18.4 Å². The van der Waals surface area contributed by atoms with E-state index in [2.05, 4.69) is 46.2 Å². The number of nitrogens with one attached hydrogen (secondary N) is 1. The predicted octanol–water partition coefficient (Wildman–Crippen LogP) is 2.71. The maximum absolute atomic E-state index is 11.9. The van der Waals surface area contributed by atoms with Crippen molar-refractivity contribution in [3.8, 4) is 0 Å². The molecule has 0 fully saturated rings.